The van der Waals surface area contributed by atoms with Crippen molar-refractivity contribution in [2.75, 3.05) is 5.32 Å². The molecule has 0 aliphatic heterocycles. The Balaban J connectivity index is 2.14. The van der Waals surface area contributed by atoms with Gasteiger partial charge in [-0.2, -0.15) is 5.10 Å². The fourth-order valence-corrected chi connectivity index (χ4v) is 2.95. The summed E-state index contributed by atoms with van der Waals surface area (Å²) in [5.41, 5.74) is 0.122. The lowest BCUT2D eigenvalue weighted by molar-refractivity contribution is 0.101. The fourth-order valence-electron chi connectivity index (χ4n) is 2.10. The SMILES string of the molecule is CC(C)CCc1sccc1NC(=O)c1cn(C)nc1C(F)F. The molecule has 0 spiro atoms. The van der Waals surface area contributed by atoms with Crippen molar-refractivity contribution < 1.29 is 13.6 Å². The molecule has 2 aromatic rings. The van der Waals surface area contributed by atoms with Crippen molar-refractivity contribution in [2.24, 2.45) is 13.0 Å². The molecule has 2 heterocycles. The van der Waals surface area contributed by atoms with Crippen LogP contribution in [0.4, 0.5) is 14.5 Å². The van der Waals surface area contributed by atoms with E-state index in [4.69, 9.17) is 0 Å². The van der Waals surface area contributed by atoms with E-state index >= 15 is 0 Å². The zero-order valence-corrected chi connectivity index (χ0v) is 13.6. The van der Waals surface area contributed by atoms with Gasteiger partial charge in [-0.05, 0) is 30.2 Å². The Morgan fingerprint density at radius 3 is 2.82 bits per heavy atom. The van der Waals surface area contributed by atoms with Crippen LogP contribution in [0.1, 0.15) is 47.6 Å². The zero-order valence-electron chi connectivity index (χ0n) is 12.8. The third-order valence-electron chi connectivity index (χ3n) is 3.25. The van der Waals surface area contributed by atoms with Crippen molar-refractivity contribution in [1.29, 1.82) is 0 Å². The minimum absolute atomic E-state index is 0.0847. The van der Waals surface area contributed by atoms with Gasteiger partial charge >= 0.3 is 0 Å². The second-order valence-corrected chi connectivity index (χ2v) is 6.55. The Labute approximate surface area is 132 Å². The van der Waals surface area contributed by atoms with E-state index in [0.29, 0.717) is 11.6 Å². The number of carbonyl (C=O) groups is 1. The molecule has 2 rings (SSSR count). The van der Waals surface area contributed by atoms with Crippen LogP contribution in [0.5, 0.6) is 0 Å². The topological polar surface area (TPSA) is 46.9 Å². The van der Waals surface area contributed by atoms with E-state index in [2.05, 4.69) is 24.3 Å². The summed E-state index contributed by atoms with van der Waals surface area (Å²) in [6.45, 7) is 4.27. The van der Waals surface area contributed by atoms with Crippen LogP contribution in [0.2, 0.25) is 0 Å². The molecule has 0 saturated carbocycles. The normalized spacial score (nSPS) is 11.4. The van der Waals surface area contributed by atoms with Crippen LogP contribution in [-0.2, 0) is 13.5 Å². The van der Waals surface area contributed by atoms with Gasteiger partial charge in [0.1, 0.15) is 5.69 Å². The van der Waals surface area contributed by atoms with Crippen LogP contribution in [0.3, 0.4) is 0 Å². The largest absolute Gasteiger partial charge is 0.321 e. The summed E-state index contributed by atoms with van der Waals surface area (Å²) < 4.78 is 27.1. The number of hydrogen-bond acceptors (Lipinski definition) is 3. The number of nitrogens with zero attached hydrogens (tertiary/aromatic N) is 2. The summed E-state index contributed by atoms with van der Waals surface area (Å²) in [6.07, 6.45) is 0.416. The smallest absolute Gasteiger partial charge is 0.282 e. The van der Waals surface area contributed by atoms with Crippen LogP contribution in [-0.4, -0.2) is 15.7 Å². The zero-order chi connectivity index (χ0) is 16.3. The molecule has 120 valence electrons. The van der Waals surface area contributed by atoms with Gasteiger partial charge in [0.2, 0.25) is 0 Å². The number of nitrogens with one attached hydrogen (secondary N) is 1. The third-order valence-corrected chi connectivity index (χ3v) is 4.23. The highest BCUT2D eigenvalue weighted by atomic mass is 32.1. The maximum Gasteiger partial charge on any atom is 0.282 e. The van der Waals surface area contributed by atoms with E-state index in [1.165, 1.54) is 17.9 Å². The Kier molecular flexibility index (Phi) is 5.28. The van der Waals surface area contributed by atoms with E-state index in [-0.39, 0.29) is 5.56 Å². The molecule has 1 N–H and O–H groups in total. The van der Waals surface area contributed by atoms with Crippen molar-refractivity contribution >= 4 is 22.9 Å². The minimum atomic E-state index is -2.77. The van der Waals surface area contributed by atoms with E-state index in [0.717, 1.165) is 17.7 Å². The molecular weight excluding hydrogens is 308 g/mol. The molecule has 0 radical (unpaired) electrons. The van der Waals surface area contributed by atoms with Gasteiger partial charge in [0, 0.05) is 18.1 Å². The number of alkyl halides is 2. The number of aryl methyl sites for hydroxylation is 2. The molecule has 2 aromatic heterocycles. The van der Waals surface area contributed by atoms with E-state index in [9.17, 15) is 13.6 Å². The molecule has 0 fully saturated rings. The highest BCUT2D eigenvalue weighted by Crippen LogP contribution is 2.27. The maximum atomic E-state index is 12.9. The molecule has 1 amide bonds. The molecule has 0 atom stereocenters. The van der Waals surface area contributed by atoms with Gasteiger partial charge in [-0.15, -0.1) is 11.3 Å². The summed E-state index contributed by atoms with van der Waals surface area (Å²) in [5.74, 6) is 0.0157. The first-order chi connectivity index (χ1) is 10.4. The maximum absolute atomic E-state index is 12.9. The van der Waals surface area contributed by atoms with Crippen molar-refractivity contribution in [3.63, 3.8) is 0 Å². The predicted molar refractivity (Wildman–Crippen MR) is 83.6 cm³/mol. The number of aromatic nitrogens is 2. The first-order valence-electron chi connectivity index (χ1n) is 7.08. The van der Waals surface area contributed by atoms with Crippen molar-refractivity contribution in [2.45, 2.75) is 33.1 Å². The number of thiophene rings is 1. The Morgan fingerprint density at radius 2 is 2.18 bits per heavy atom. The standard InChI is InChI=1S/C15H19F2N3OS/c1-9(2)4-5-12-11(6-7-22-12)18-15(21)10-8-20(3)19-13(10)14(16)17/h6-9,14H,4-5H2,1-3H3,(H,18,21). The van der Waals surface area contributed by atoms with Crippen LogP contribution in [0, 0.1) is 5.92 Å². The monoisotopic (exact) mass is 327 g/mol. The number of hydrogen-bond donors (Lipinski definition) is 1. The lowest BCUT2D eigenvalue weighted by Crippen LogP contribution is -2.14. The lowest BCUT2D eigenvalue weighted by atomic mass is 10.1. The molecule has 0 aliphatic carbocycles. The number of amides is 1. The third kappa shape index (κ3) is 3.91. The number of carbonyl (C=O) groups excluding carboxylic acids is 1. The predicted octanol–water partition coefficient (Wildman–Crippen LogP) is 4.26. The van der Waals surface area contributed by atoms with Gasteiger partial charge in [0.25, 0.3) is 12.3 Å². The molecule has 0 unspecified atom stereocenters. The minimum Gasteiger partial charge on any atom is -0.321 e. The highest BCUT2D eigenvalue weighted by Gasteiger charge is 2.23. The molecule has 7 heteroatoms. The van der Waals surface area contributed by atoms with Gasteiger partial charge in [-0.1, -0.05) is 13.8 Å². The van der Waals surface area contributed by atoms with Crippen LogP contribution in [0.15, 0.2) is 17.6 Å². The number of anilines is 1. The van der Waals surface area contributed by atoms with Crippen LogP contribution >= 0.6 is 11.3 Å². The van der Waals surface area contributed by atoms with Gasteiger partial charge in [-0.25, -0.2) is 8.78 Å². The van der Waals surface area contributed by atoms with Crippen molar-refractivity contribution in [3.05, 3.63) is 33.8 Å². The van der Waals surface area contributed by atoms with E-state index in [1.807, 2.05) is 5.38 Å². The van der Waals surface area contributed by atoms with E-state index < -0.39 is 18.0 Å². The summed E-state index contributed by atoms with van der Waals surface area (Å²) in [5, 5.41) is 8.27. The highest BCUT2D eigenvalue weighted by molar-refractivity contribution is 7.10. The van der Waals surface area contributed by atoms with Gasteiger partial charge < -0.3 is 5.32 Å². The molecule has 4 nitrogen and oxygen atoms in total. The van der Waals surface area contributed by atoms with Gasteiger partial charge in [0.15, 0.2) is 0 Å². The number of rotatable bonds is 6. The molecule has 0 bridgehead atoms. The van der Waals surface area contributed by atoms with Crippen LogP contribution < -0.4 is 5.32 Å². The first kappa shape index (κ1) is 16.6. The molecular formula is C15H19F2N3OS. The van der Waals surface area contributed by atoms with Crippen molar-refractivity contribution in [1.82, 2.24) is 9.78 Å². The molecule has 22 heavy (non-hydrogen) atoms. The first-order valence-corrected chi connectivity index (χ1v) is 7.95. The van der Waals surface area contributed by atoms with Gasteiger partial charge in [0.05, 0.1) is 11.3 Å². The second-order valence-electron chi connectivity index (χ2n) is 5.55. The van der Waals surface area contributed by atoms with Crippen LogP contribution in [0.25, 0.3) is 0 Å². The summed E-state index contributed by atoms with van der Waals surface area (Å²) in [4.78, 5) is 13.3. The average molecular weight is 327 g/mol. The summed E-state index contributed by atoms with van der Waals surface area (Å²) in [6, 6.07) is 1.80. The molecule has 0 aromatic carbocycles. The number of halogens is 2. The Morgan fingerprint density at radius 1 is 1.45 bits per heavy atom. The summed E-state index contributed by atoms with van der Waals surface area (Å²) >= 11 is 1.56. The Hall–Kier alpha value is -1.76. The quantitative estimate of drug-likeness (QED) is 0.861. The summed E-state index contributed by atoms with van der Waals surface area (Å²) in [7, 11) is 1.52. The van der Waals surface area contributed by atoms with E-state index in [1.54, 1.807) is 17.4 Å². The van der Waals surface area contributed by atoms with Crippen molar-refractivity contribution in [3.8, 4) is 0 Å². The average Bonchev–Trinajstić information content (AvgIpc) is 3.02. The Bertz CT molecular complexity index is 649. The molecule has 0 aliphatic rings. The second kappa shape index (κ2) is 7.00. The lowest BCUT2D eigenvalue weighted by Gasteiger charge is -2.08. The molecule has 0 saturated heterocycles. The fraction of sp³-hybridized carbons (Fsp3) is 0.467. The van der Waals surface area contributed by atoms with Gasteiger partial charge in [-0.3, -0.25) is 9.48 Å².